The average molecular weight is 210 g/mol. The van der Waals surface area contributed by atoms with Crippen LogP contribution in [0.4, 0.5) is 23.2 Å². The maximum Gasteiger partial charge on any atom is 0.320 e. The van der Waals surface area contributed by atoms with E-state index in [1.165, 1.54) is 0 Å². The number of hydrogen-bond donors (Lipinski definition) is 0. The van der Waals surface area contributed by atoms with Crippen molar-refractivity contribution in [1.82, 2.24) is 4.98 Å². The van der Waals surface area contributed by atoms with E-state index in [0.29, 0.717) is 0 Å². The quantitative estimate of drug-likeness (QED) is 0.325. The highest BCUT2D eigenvalue weighted by molar-refractivity contribution is 5.40. The van der Waals surface area contributed by atoms with Crippen molar-refractivity contribution in [3.8, 4) is 0 Å². The Kier molecular flexibility index (Phi) is 2.63. The van der Waals surface area contributed by atoms with E-state index in [0.717, 1.165) is 0 Å². The van der Waals surface area contributed by atoms with E-state index in [2.05, 4.69) is 4.98 Å². The molecule has 0 aliphatic rings. The molecule has 14 heavy (non-hydrogen) atoms. The first-order chi connectivity index (χ1) is 6.45. The monoisotopic (exact) mass is 210 g/mol. The molecule has 0 saturated heterocycles. The smallest absolute Gasteiger partial charge is 0.258 e. The fourth-order valence-electron chi connectivity index (χ4n) is 0.814. The highest BCUT2D eigenvalue weighted by atomic mass is 19.3. The van der Waals surface area contributed by atoms with Crippen molar-refractivity contribution < 1.29 is 22.5 Å². The van der Waals surface area contributed by atoms with Crippen molar-refractivity contribution in [2.45, 2.75) is 6.43 Å². The minimum absolute atomic E-state index is 0.237. The van der Waals surface area contributed by atoms with Gasteiger partial charge in [0.15, 0.2) is 0 Å². The molecule has 1 heterocycles. The second-order valence-corrected chi connectivity index (χ2v) is 2.22. The van der Waals surface area contributed by atoms with Crippen LogP contribution < -0.4 is 0 Å². The second kappa shape index (κ2) is 3.56. The van der Waals surface area contributed by atoms with Crippen molar-refractivity contribution in [2.75, 3.05) is 0 Å². The summed E-state index contributed by atoms with van der Waals surface area (Å²) in [4.78, 5) is 11.3. The first-order valence-corrected chi connectivity index (χ1v) is 3.21. The maximum atomic E-state index is 12.7. The molecular weight excluding hydrogens is 208 g/mol. The van der Waals surface area contributed by atoms with Gasteiger partial charge in [0, 0.05) is 6.20 Å². The highest BCUT2D eigenvalue weighted by Gasteiger charge is 2.29. The van der Waals surface area contributed by atoms with E-state index < -0.39 is 34.4 Å². The Bertz CT molecular complexity index is 382. The first kappa shape index (κ1) is 10.4. The number of aromatic nitrogens is 1. The molecule has 0 atom stereocenters. The minimum atomic E-state index is -3.28. The third kappa shape index (κ3) is 1.63. The molecule has 0 N–H and O–H groups in total. The van der Waals surface area contributed by atoms with Crippen molar-refractivity contribution in [3.05, 3.63) is 33.6 Å². The Morgan fingerprint density at radius 2 is 2.00 bits per heavy atom. The Morgan fingerprint density at radius 3 is 2.43 bits per heavy atom. The number of pyridine rings is 1. The molecular formula is C6H2F4N2O2. The summed E-state index contributed by atoms with van der Waals surface area (Å²) in [5.41, 5.74) is -2.82. The van der Waals surface area contributed by atoms with Crippen LogP contribution in [0.15, 0.2) is 6.20 Å². The molecule has 0 bridgehead atoms. The lowest BCUT2D eigenvalue weighted by molar-refractivity contribution is -0.389. The Hall–Kier alpha value is -1.73. The van der Waals surface area contributed by atoms with Crippen molar-refractivity contribution >= 4 is 5.69 Å². The summed E-state index contributed by atoms with van der Waals surface area (Å²) in [5.74, 6) is -3.76. The van der Waals surface area contributed by atoms with Gasteiger partial charge < -0.3 is 0 Å². The van der Waals surface area contributed by atoms with Gasteiger partial charge in [0.05, 0.1) is 4.92 Å². The third-order valence-electron chi connectivity index (χ3n) is 1.40. The van der Waals surface area contributed by atoms with Crippen LogP contribution in [0.5, 0.6) is 0 Å². The summed E-state index contributed by atoms with van der Waals surface area (Å²) in [6.45, 7) is 0. The molecule has 76 valence electrons. The van der Waals surface area contributed by atoms with Crippen LogP contribution in [0.1, 0.15) is 12.0 Å². The number of alkyl halides is 2. The van der Waals surface area contributed by atoms with Gasteiger partial charge in [-0.1, -0.05) is 0 Å². The van der Waals surface area contributed by atoms with E-state index in [1.54, 1.807) is 0 Å². The van der Waals surface area contributed by atoms with Crippen LogP contribution in [-0.4, -0.2) is 9.91 Å². The Labute approximate surface area is 74.3 Å². The predicted octanol–water partition coefficient (Wildman–Crippen LogP) is 2.21. The average Bonchev–Trinajstić information content (AvgIpc) is 2.08. The standard InChI is InChI=1S/C6H2F4N2O2/c7-3-4(12(13)14)2(5(8)9)1-11-6(3)10/h1,5H. The molecule has 1 rings (SSSR count). The van der Waals surface area contributed by atoms with Gasteiger partial charge in [-0.25, -0.2) is 13.8 Å². The molecule has 0 aromatic carbocycles. The molecule has 0 unspecified atom stereocenters. The molecule has 0 amide bonds. The van der Waals surface area contributed by atoms with Gasteiger partial charge in [0.2, 0.25) is 0 Å². The molecule has 0 saturated carbocycles. The predicted molar refractivity (Wildman–Crippen MR) is 35.8 cm³/mol. The van der Waals surface area contributed by atoms with Crippen LogP contribution in [-0.2, 0) is 0 Å². The number of halogens is 4. The van der Waals surface area contributed by atoms with Gasteiger partial charge in [-0.15, -0.1) is 0 Å². The zero-order valence-corrected chi connectivity index (χ0v) is 6.38. The lowest BCUT2D eigenvalue weighted by atomic mass is 10.2. The maximum absolute atomic E-state index is 12.7. The summed E-state index contributed by atoms with van der Waals surface area (Å²) < 4.78 is 49.1. The lowest BCUT2D eigenvalue weighted by Crippen LogP contribution is -2.03. The van der Waals surface area contributed by atoms with Crippen molar-refractivity contribution in [1.29, 1.82) is 0 Å². The van der Waals surface area contributed by atoms with Crippen LogP contribution >= 0.6 is 0 Å². The molecule has 8 heteroatoms. The number of hydrogen-bond acceptors (Lipinski definition) is 3. The molecule has 4 nitrogen and oxygen atoms in total. The van der Waals surface area contributed by atoms with Crippen LogP contribution in [0.3, 0.4) is 0 Å². The van der Waals surface area contributed by atoms with Crippen LogP contribution in [0.25, 0.3) is 0 Å². The van der Waals surface area contributed by atoms with Crippen LogP contribution in [0, 0.1) is 21.9 Å². The van der Waals surface area contributed by atoms with Gasteiger partial charge in [-0.05, 0) is 0 Å². The molecule has 0 aliphatic heterocycles. The fraction of sp³-hybridized carbons (Fsp3) is 0.167. The molecule has 0 aliphatic carbocycles. The van der Waals surface area contributed by atoms with Gasteiger partial charge in [-0.3, -0.25) is 10.1 Å². The van der Waals surface area contributed by atoms with Gasteiger partial charge in [0.1, 0.15) is 5.56 Å². The zero-order valence-electron chi connectivity index (χ0n) is 6.38. The Morgan fingerprint density at radius 1 is 1.43 bits per heavy atom. The molecule has 1 aromatic heterocycles. The minimum Gasteiger partial charge on any atom is -0.258 e. The van der Waals surface area contributed by atoms with Crippen molar-refractivity contribution in [3.63, 3.8) is 0 Å². The summed E-state index contributed by atoms with van der Waals surface area (Å²) in [5, 5.41) is 10.1. The summed E-state index contributed by atoms with van der Waals surface area (Å²) in [7, 11) is 0. The van der Waals surface area contributed by atoms with Gasteiger partial charge in [-0.2, -0.15) is 8.78 Å². The molecule has 0 spiro atoms. The topological polar surface area (TPSA) is 56.0 Å². The van der Waals surface area contributed by atoms with E-state index in [-0.39, 0.29) is 6.20 Å². The Balaban J connectivity index is 3.45. The largest absolute Gasteiger partial charge is 0.320 e. The van der Waals surface area contributed by atoms with Gasteiger partial charge >= 0.3 is 5.69 Å². The first-order valence-electron chi connectivity index (χ1n) is 3.21. The number of nitro groups is 1. The van der Waals surface area contributed by atoms with Crippen molar-refractivity contribution in [2.24, 2.45) is 0 Å². The summed E-state index contributed by atoms with van der Waals surface area (Å²) in [6, 6.07) is 0. The normalized spacial score (nSPS) is 10.6. The fourth-order valence-corrected chi connectivity index (χ4v) is 0.814. The number of nitrogens with zero attached hydrogens (tertiary/aromatic N) is 2. The zero-order chi connectivity index (χ0) is 10.9. The van der Waals surface area contributed by atoms with Gasteiger partial charge in [0.25, 0.3) is 18.2 Å². The summed E-state index contributed by atoms with van der Waals surface area (Å²) in [6.07, 6.45) is -3.04. The van der Waals surface area contributed by atoms with E-state index in [1.807, 2.05) is 0 Å². The number of rotatable bonds is 2. The SMILES string of the molecule is O=[N+]([O-])c1c(C(F)F)cnc(F)c1F. The molecule has 1 aromatic rings. The highest BCUT2D eigenvalue weighted by Crippen LogP contribution is 2.30. The van der Waals surface area contributed by atoms with E-state index >= 15 is 0 Å². The summed E-state index contributed by atoms with van der Waals surface area (Å²) >= 11 is 0. The second-order valence-electron chi connectivity index (χ2n) is 2.22. The van der Waals surface area contributed by atoms with E-state index in [4.69, 9.17) is 0 Å². The van der Waals surface area contributed by atoms with Crippen LogP contribution in [0.2, 0.25) is 0 Å². The lowest BCUT2D eigenvalue weighted by Gasteiger charge is -2.01. The molecule has 0 radical (unpaired) electrons. The third-order valence-corrected chi connectivity index (χ3v) is 1.40. The van der Waals surface area contributed by atoms with E-state index in [9.17, 15) is 27.7 Å². The molecule has 0 fully saturated rings.